The number of carbonyl (C=O) groups excluding carboxylic acids is 1. The second-order valence-electron chi connectivity index (χ2n) is 5.64. The van der Waals surface area contributed by atoms with Crippen molar-refractivity contribution in [1.29, 1.82) is 0 Å². The van der Waals surface area contributed by atoms with Gasteiger partial charge in [0.25, 0.3) is 5.92 Å². The molecule has 3 rings (SSSR count). The molecule has 1 aliphatic rings. The van der Waals surface area contributed by atoms with Crippen molar-refractivity contribution in [2.24, 2.45) is 0 Å². The zero-order chi connectivity index (χ0) is 16.3. The Bertz CT molecular complexity index is 706. The van der Waals surface area contributed by atoms with Gasteiger partial charge in [0.1, 0.15) is 12.4 Å². The van der Waals surface area contributed by atoms with Gasteiger partial charge < -0.3 is 10.1 Å². The average Bonchev–Trinajstić information content (AvgIpc) is 2.91. The van der Waals surface area contributed by atoms with Crippen LogP contribution in [0.3, 0.4) is 0 Å². The van der Waals surface area contributed by atoms with E-state index < -0.39 is 30.8 Å². The van der Waals surface area contributed by atoms with Gasteiger partial charge in [-0.2, -0.15) is 0 Å². The van der Waals surface area contributed by atoms with Crippen LogP contribution in [0.1, 0.15) is 6.42 Å². The number of ether oxygens (including phenoxy) is 1. The van der Waals surface area contributed by atoms with Crippen molar-refractivity contribution >= 4 is 16.7 Å². The standard InChI is InChI=1S/C17H18F2N2O2/c18-17(19)10-15(21-11-17)16(22)20-7-8-23-14-6-5-12-3-1-2-4-13(12)9-14/h1-6,9,15,21H,7-8,10-11H2,(H,20,22). The lowest BCUT2D eigenvalue weighted by Crippen LogP contribution is -2.41. The summed E-state index contributed by atoms with van der Waals surface area (Å²) < 4.78 is 31.6. The third kappa shape index (κ3) is 3.96. The summed E-state index contributed by atoms with van der Waals surface area (Å²) in [7, 11) is 0. The number of nitrogens with one attached hydrogen (secondary N) is 2. The molecule has 1 aliphatic heterocycles. The summed E-state index contributed by atoms with van der Waals surface area (Å²) in [4.78, 5) is 11.8. The van der Waals surface area contributed by atoms with Crippen molar-refractivity contribution in [2.75, 3.05) is 19.7 Å². The van der Waals surface area contributed by atoms with E-state index >= 15 is 0 Å². The highest BCUT2D eigenvalue weighted by Crippen LogP contribution is 2.25. The first-order chi connectivity index (χ1) is 11.0. The predicted octanol–water partition coefficient (Wildman–Crippen LogP) is 2.33. The lowest BCUT2D eigenvalue weighted by Gasteiger charge is -2.12. The van der Waals surface area contributed by atoms with E-state index in [1.165, 1.54) is 0 Å². The van der Waals surface area contributed by atoms with E-state index in [1.807, 2.05) is 42.5 Å². The molecule has 0 saturated carbocycles. The minimum atomic E-state index is -2.80. The fourth-order valence-electron chi connectivity index (χ4n) is 2.62. The largest absolute Gasteiger partial charge is 0.492 e. The Morgan fingerprint density at radius 2 is 2.04 bits per heavy atom. The molecule has 1 unspecified atom stereocenters. The van der Waals surface area contributed by atoms with Gasteiger partial charge in [0.2, 0.25) is 5.91 Å². The highest BCUT2D eigenvalue weighted by atomic mass is 19.3. The van der Waals surface area contributed by atoms with Gasteiger partial charge in [-0.1, -0.05) is 30.3 Å². The smallest absolute Gasteiger partial charge is 0.262 e. The van der Waals surface area contributed by atoms with Crippen LogP contribution in [0.5, 0.6) is 5.75 Å². The minimum Gasteiger partial charge on any atom is -0.492 e. The molecular weight excluding hydrogens is 302 g/mol. The molecule has 2 aromatic rings. The first kappa shape index (κ1) is 15.7. The molecule has 0 spiro atoms. The third-order valence-corrected chi connectivity index (χ3v) is 3.82. The first-order valence-electron chi connectivity index (χ1n) is 7.54. The maximum absolute atomic E-state index is 13.0. The summed E-state index contributed by atoms with van der Waals surface area (Å²) in [6, 6.07) is 12.9. The number of hydrogen-bond donors (Lipinski definition) is 2. The van der Waals surface area contributed by atoms with Gasteiger partial charge in [0.05, 0.1) is 19.1 Å². The average molecular weight is 320 g/mol. The van der Waals surface area contributed by atoms with E-state index in [1.54, 1.807) is 0 Å². The van der Waals surface area contributed by atoms with Crippen molar-refractivity contribution in [3.63, 3.8) is 0 Å². The zero-order valence-corrected chi connectivity index (χ0v) is 12.5. The van der Waals surface area contributed by atoms with Gasteiger partial charge in [-0.15, -0.1) is 0 Å². The van der Waals surface area contributed by atoms with Crippen molar-refractivity contribution in [1.82, 2.24) is 10.6 Å². The Morgan fingerprint density at radius 1 is 1.26 bits per heavy atom. The number of fused-ring (bicyclic) bond motifs is 1. The van der Waals surface area contributed by atoms with Crippen LogP contribution in [0.15, 0.2) is 42.5 Å². The van der Waals surface area contributed by atoms with E-state index in [4.69, 9.17) is 4.74 Å². The number of halogens is 2. The molecule has 1 atom stereocenters. The van der Waals surface area contributed by atoms with Crippen LogP contribution in [0.25, 0.3) is 10.8 Å². The van der Waals surface area contributed by atoms with Crippen LogP contribution in [0, 0.1) is 0 Å². The van der Waals surface area contributed by atoms with Crippen molar-refractivity contribution < 1.29 is 18.3 Å². The molecule has 0 radical (unpaired) electrons. The Morgan fingerprint density at radius 3 is 2.78 bits per heavy atom. The lowest BCUT2D eigenvalue weighted by molar-refractivity contribution is -0.123. The minimum absolute atomic E-state index is 0.273. The molecule has 23 heavy (non-hydrogen) atoms. The number of rotatable bonds is 5. The molecule has 1 heterocycles. The van der Waals surface area contributed by atoms with E-state index in [0.717, 1.165) is 10.8 Å². The maximum atomic E-state index is 13.0. The molecule has 1 saturated heterocycles. The highest BCUT2D eigenvalue weighted by molar-refractivity contribution is 5.83. The Balaban J connectivity index is 1.45. The Labute approximate surface area is 132 Å². The third-order valence-electron chi connectivity index (χ3n) is 3.82. The molecule has 0 aliphatic carbocycles. The molecule has 1 amide bonds. The number of carbonyl (C=O) groups is 1. The van der Waals surface area contributed by atoms with Crippen LogP contribution >= 0.6 is 0 Å². The van der Waals surface area contributed by atoms with Crippen LogP contribution in [0.4, 0.5) is 8.78 Å². The molecule has 122 valence electrons. The zero-order valence-electron chi connectivity index (χ0n) is 12.5. The van der Waals surface area contributed by atoms with Gasteiger partial charge in [0, 0.05) is 6.42 Å². The molecule has 4 nitrogen and oxygen atoms in total. The monoisotopic (exact) mass is 320 g/mol. The summed E-state index contributed by atoms with van der Waals surface area (Å²) >= 11 is 0. The number of amides is 1. The quantitative estimate of drug-likeness (QED) is 0.832. The van der Waals surface area contributed by atoms with Gasteiger partial charge in [-0.3, -0.25) is 10.1 Å². The van der Waals surface area contributed by atoms with Crippen LogP contribution in [-0.4, -0.2) is 37.6 Å². The van der Waals surface area contributed by atoms with Gasteiger partial charge in [0.15, 0.2) is 0 Å². The van der Waals surface area contributed by atoms with Crippen LogP contribution < -0.4 is 15.4 Å². The fourth-order valence-corrected chi connectivity index (χ4v) is 2.62. The summed E-state index contributed by atoms with van der Waals surface area (Å²) in [5.41, 5.74) is 0. The van der Waals surface area contributed by atoms with Crippen LogP contribution in [-0.2, 0) is 4.79 Å². The van der Waals surface area contributed by atoms with Crippen molar-refractivity contribution in [2.45, 2.75) is 18.4 Å². The van der Waals surface area contributed by atoms with E-state index in [9.17, 15) is 13.6 Å². The van der Waals surface area contributed by atoms with Gasteiger partial charge in [-0.25, -0.2) is 8.78 Å². The molecule has 2 N–H and O–H groups in total. The molecule has 1 fully saturated rings. The first-order valence-corrected chi connectivity index (χ1v) is 7.54. The Kier molecular flexibility index (Phi) is 4.43. The van der Waals surface area contributed by atoms with E-state index in [2.05, 4.69) is 10.6 Å². The maximum Gasteiger partial charge on any atom is 0.262 e. The fraction of sp³-hybridized carbons (Fsp3) is 0.353. The number of benzene rings is 2. The molecular formula is C17H18F2N2O2. The van der Waals surface area contributed by atoms with Crippen molar-refractivity contribution in [3.8, 4) is 5.75 Å². The summed E-state index contributed by atoms with van der Waals surface area (Å²) in [5.74, 6) is -2.50. The van der Waals surface area contributed by atoms with Crippen LogP contribution in [0.2, 0.25) is 0 Å². The molecule has 0 bridgehead atoms. The van der Waals surface area contributed by atoms with Gasteiger partial charge >= 0.3 is 0 Å². The van der Waals surface area contributed by atoms with E-state index in [-0.39, 0.29) is 13.2 Å². The topological polar surface area (TPSA) is 50.4 Å². The predicted molar refractivity (Wildman–Crippen MR) is 83.8 cm³/mol. The number of hydrogen-bond acceptors (Lipinski definition) is 3. The Hall–Kier alpha value is -2.21. The summed E-state index contributed by atoms with van der Waals surface area (Å²) in [6.07, 6.45) is -0.454. The number of alkyl halides is 2. The molecule has 6 heteroatoms. The summed E-state index contributed by atoms with van der Waals surface area (Å²) in [5, 5.41) is 7.33. The summed E-state index contributed by atoms with van der Waals surface area (Å²) in [6.45, 7) is 0.112. The molecule has 0 aromatic heterocycles. The molecule has 2 aromatic carbocycles. The second-order valence-corrected chi connectivity index (χ2v) is 5.64. The highest BCUT2D eigenvalue weighted by Gasteiger charge is 2.42. The van der Waals surface area contributed by atoms with Gasteiger partial charge in [-0.05, 0) is 22.9 Å². The second kappa shape index (κ2) is 6.50. The van der Waals surface area contributed by atoms with E-state index in [0.29, 0.717) is 5.75 Å². The normalized spacial score (nSPS) is 19.7. The lowest BCUT2D eigenvalue weighted by atomic mass is 10.1. The SMILES string of the molecule is O=C(NCCOc1ccc2ccccc2c1)C1CC(F)(F)CN1. The van der Waals surface area contributed by atoms with Crippen molar-refractivity contribution in [3.05, 3.63) is 42.5 Å².